The minimum Gasteiger partial charge on any atom is -0.484 e. The first kappa shape index (κ1) is 14.8. The van der Waals surface area contributed by atoms with Crippen LogP contribution in [0.4, 0.5) is 5.95 Å². The third-order valence-corrected chi connectivity index (χ3v) is 3.26. The molecule has 0 aliphatic carbocycles. The van der Waals surface area contributed by atoms with Crippen molar-refractivity contribution in [2.45, 2.75) is 6.92 Å². The zero-order valence-electron chi connectivity index (χ0n) is 12.5. The fourth-order valence-electron chi connectivity index (χ4n) is 2.13. The van der Waals surface area contributed by atoms with Gasteiger partial charge in [0.25, 0.3) is 5.91 Å². The maximum absolute atomic E-state index is 11.9. The number of amides is 1. The largest absolute Gasteiger partial charge is 0.484 e. The second-order valence-electron chi connectivity index (χ2n) is 5.02. The van der Waals surface area contributed by atoms with E-state index in [4.69, 9.17) is 4.74 Å². The van der Waals surface area contributed by atoms with Gasteiger partial charge in [-0.25, -0.2) is 4.98 Å². The van der Waals surface area contributed by atoms with Crippen molar-refractivity contribution in [1.29, 1.82) is 0 Å². The van der Waals surface area contributed by atoms with Crippen molar-refractivity contribution in [2.75, 3.05) is 11.9 Å². The van der Waals surface area contributed by atoms with Gasteiger partial charge in [-0.05, 0) is 31.2 Å². The molecule has 0 radical (unpaired) electrons. The number of para-hydroxylation sites is 2. The zero-order chi connectivity index (χ0) is 16.2. The quantitative estimate of drug-likeness (QED) is 0.710. The van der Waals surface area contributed by atoms with E-state index in [1.54, 1.807) is 24.3 Å². The smallest absolute Gasteiger partial charge is 0.264 e. The van der Waals surface area contributed by atoms with Gasteiger partial charge in [-0.3, -0.25) is 14.9 Å². The van der Waals surface area contributed by atoms with Crippen molar-refractivity contribution < 1.29 is 14.3 Å². The highest BCUT2D eigenvalue weighted by molar-refractivity contribution is 5.94. The third-order valence-electron chi connectivity index (χ3n) is 3.26. The first-order valence-electron chi connectivity index (χ1n) is 7.10. The first-order valence-corrected chi connectivity index (χ1v) is 7.10. The van der Waals surface area contributed by atoms with Crippen LogP contribution in [-0.2, 0) is 4.79 Å². The summed E-state index contributed by atoms with van der Waals surface area (Å²) in [4.78, 5) is 30.5. The second kappa shape index (κ2) is 6.31. The lowest BCUT2D eigenvalue weighted by Crippen LogP contribution is -2.20. The molecule has 1 heterocycles. The number of carbonyl (C=O) groups is 2. The number of hydrogen-bond donors (Lipinski definition) is 2. The number of ether oxygens (including phenoxy) is 1. The standard InChI is InChI=1S/C17H15N3O3/c1-11(21)12-5-4-6-13(9-12)23-10-16(22)20-17-18-14-7-2-3-8-15(14)19-17/h2-9H,10H2,1H3,(H2,18,19,20,22). The van der Waals surface area contributed by atoms with E-state index in [1.807, 2.05) is 24.3 Å². The number of nitrogens with zero attached hydrogens (tertiary/aromatic N) is 1. The molecule has 2 aromatic carbocycles. The van der Waals surface area contributed by atoms with Gasteiger partial charge in [-0.2, -0.15) is 0 Å². The van der Waals surface area contributed by atoms with E-state index in [0.717, 1.165) is 11.0 Å². The van der Waals surface area contributed by atoms with Gasteiger partial charge < -0.3 is 9.72 Å². The molecule has 3 aromatic rings. The van der Waals surface area contributed by atoms with Crippen molar-refractivity contribution in [3.63, 3.8) is 0 Å². The Morgan fingerprint density at radius 1 is 1.17 bits per heavy atom. The summed E-state index contributed by atoms with van der Waals surface area (Å²) in [6.45, 7) is 1.31. The SMILES string of the molecule is CC(=O)c1cccc(OCC(=O)Nc2nc3ccccc3[nH]2)c1. The van der Waals surface area contributed by atoms with Crippen LogP contribution in [0.1, 0.15) is 17.3 Å². The van der Waals surface area contributed by atoms with E-state index < -0.39 is 0 Å². The molecule has 0 bridgehead atoms. The molecule has 2 N–H and O–H groups in total. The number of aromatic amines is 1. The lowest BCUT2D eigenvalue weighted by Gasteiger charge is -2.06. The molecule has 6 heteroatoms. The van der Waals surface area contributed by atoms with Crippen LogP contribution in [0.2, 0.25) is 0 Å². The van der Waals surface area contributed by atoms with Gasteiger partial charge in [0, 0.05) is 5.56 Å². The van der Waals surface area contributed by atoms with Crippen molar-refractivity contribution in [3.05, 3.63) is 54.1 Å². The Kier molecular flexibility index (Phi) is 4.05. The zero-order valence-corrected chi connectivity index (χ0v) is 12.5. The van der Waals surface area contributed by atoms with Crippen LogP contribution in [0, 0.1) is 0 Å². The highest BCUT2D eigenvalue weighted by Crippen LogP contribution is 2.15. The molecule has 1 aromatic heterocycles. The number of H-pyrrole nitrogens is 1. The number of anilines is 1. The van der Waals surface area contributed by atoms with Crippen molar-refractivity contribution in [3.8, 4) is 5.75 Å². The van der Waals surface area contributed by atoms with Crippen molar-refractivity contribution in [2.24, 2.45) is 0 Å². The molecular formula is C17H15N3O3. The van der Waals surface area contributed by atoms with E-state index in [-0.39, 0.29) is 18.3 Å². The average Bonchev–Trinajstić information content (AvgIpc) is 2.95. The molecule has 0 saturated heterocycles. The highest BCUT2D eigenvalue weighted by Gasteiger charge is 2.08. The molecule has 0 spiro atoms. The maximum atomic E-state index is 11.9. The average molecular weight is 309 g/mol. The number of fused-ring (bicyclic) bond motifs is 1. The number of hydrogen-bond acceptors (Lipinski definition) is 4. The van der Waals surface area contributed by atoms with E-state index in [1.165, 1.54) is 6.92 Å². The maximum Gasteiger partial charge on any atom is 0.264 e. The number of carbonyl (C=O) groups excluding carboxylic acids is 2. The number of nitrogens with one attached hydrogen (secondary N) is 2. The van der Waals surface area contributed by atoms with Gasteiger partial charge in [0.2, 0.25) is 5.95 Å². The van der Waals surface area contributed by atoms with Gasteiger partial charge in [-0.1, -0.05) is 24.3 Å². The van der Waals surface area contributed by atoms with E-state index in [2.05, 4.69) is 15.3 Å². The molecule has 1 amide bonds. The Morgan fingerprint density at radius 3 is 2.78 bits per heavy atom. The number of imidazole rings is 1. The molecule has 0 fully saturated rings. The number of benzene rings is 2. The number of Topliss-reactive ketones (excluding diaryl/α,β-unsaturated/α-hetero) is 1. The summed E-state index contributed by atoms with van der Waals surface area (Å²) in [6.07, 6.45) is 0. The van der Waals surface area contributed by atoms with Gasteiger partial charge in [0.05, 0.1) is 11.0 Å². The third kappa shape index (κ3) is 3.55. The highest BCUT2D eigenvalue weighted by atomic mass is 16.5. The molecule has 0 aliphatic heterocycles. The predicted octanol–water partition coefficient (Wildman–Crippen LogP) is 2.78. The summed E-state index contributed by atoms with van der Waals surface area (Å²) in [5, 5.41) is 2.64. The Morgan fingerprint density at radius 2 is 2.00 bits per heavy atom. The normalized spacial score (nSPS) is 10.5. The molecule has 0 unspecified atom stereocenters. The molecule has 0 saturated carbocycles. The first-order chi connectivity index (χ1) is 11.1. The molecule has 116 valence electrons. The van der Waals surface area contributed by atoms with Gasteiger partial charge in [0.1, 0.15) is 5.75 Å². The summed E-state index contributed by atoms with van der Waals surface area (Å²) in [6, 6.07) is 14.2. The van der Waals surface area contributed by atoms with Crippen LogP contribution in [0.15, 0.2) is 48.5 Å². The second-order valence-corrected chi connectivity index (χ2v) is 5.02. The van der Waals surface area contributed by atoms with Gasteiger partial charge >= 0.3 is 0 Å². The molecular weight excluding hydrogens is 294 g/mol. The molecule has 3 rings (SSSR count). The molecule has 23 heavy (non-hydrogen) atoms. The minimum absolute atomic E-state index is 0.0535. The molecule has 6 nitrogen and oxygen atoms in total. The van der Waals surface area contributed by atoms with Crippen LogP contribution in [0.5, 0.6) is 5.75 Å². The summed E-state index contributed by atoms with van der Waals surface area (Å²) < 4.78 is 5.40. The summed E-state index contributed by atoms with van der Waals surface area (Å²) in [5.41, 5.74) is 2.16. The predicted molar refractivity (Wildman–Crippen MR) is 86.7 cm³/mol. The fraction of sp³-hybridized carbons (Fsp3) is 0.118. The van der Waals surface area contributed by atoms with E-state index in [0.29, 0.717) is 17.3 Å². The number of rotatable bonds is 5. The van der Waals surface area contributed by atoms with Crippen molar-refractivity contribution >= 4 is 28.7 Å². The Balaban J connectivity index is 1.61. The summed E-state index contributed by atoms with van der Waals surface area (Å²) >= 11 is 0. The lowest BCUT2D eigenvalue weighted by molar-refractivity contribution is -0.118. The minimum atomic E-state index is -0.336. The molecule has 0 atom stereocenters. The van der Waals surface area contributed by atoms with Crippen LogP contribution in [-0.4, -0.2) is 28.3 Å². The van der Waals surface area contributed by atoms with Crippen LogP contribution < -0.4 is 10.1 Å². The Labute approximate surface area is 132 Å². The van der Waals surface area contributed by atoms with Crippen LogP contribution in [0.3, 0.4) is 0 Å². The fourth-order valence-corrected chi connectivity index (χ4v) is 2.13. The van der Waals surface area contributed by atoms with Crippen molar-refractivity contribution in [1.82, 2.24) is 9.97 Å². The van der Waals surface area contributed by atoms with E-state index >= 15 is 0 Å². The number of ketones is 1. The summed E-state index contributed by atoms with van der Waals surface area (Å²) in [5.74, 6) is 0.453. The number of aromatic nitrogens is 2. The Bertz CT molecular complexity index is 837. The van der Waals surface area contributed by atoms with E-state index in [9.17, 15) is 9.59 Å². The van der Waals surface area contributed by atoms with Crippen LogP contribution >= 0.6 is 0 Å². The topological polar surface area (TPSA) is 84.1 Å². The molecule has 0 aliphatic rings. The summed E-state index contributed by atoms with van der Waals surface area (Å²) in [7, 11) is 0. The van der Waals surface area contributed by atoms with Gasteiger partial charge in [0.15, 0.2) is 12.4 Å². The van der Waals surface area contributed by atoms with Gasteiger partial charge in [-0.15, -0.1) is 0 Å². The lowest BCUT2D eigenvalue weighted by atomic mass is 10.1. The monoisotopic (exact) mass is 309 g/mol. The van der Waals surface area contributed by atoms with Crippen LogP contribution in [0.25, 0.3) is 11.0 Å². The Hall–Kier alpha value is -3.15.